The molecular weight excluding hydrogens is 378 g/mol. The lowest BCUT2D eigenvalue weighted by Gasteiger charge is -2.30. The number of hydrogen-bond acceptors (Lipinski definition) is 3. The van der Waals surface area contributed by atoms with E-state index in [1.165, 1.54) is 5.56 Å². The van der Waals surface area contributed by atoms with Gasteiger partial charge in [0.15, 0.2) is 6.61 Å². The number of carbonyl (C=O) groups excluding carboxylic acids is 1. The van der Waals surface area contributed by atoms with Crippen molar-refractivity contribution in [1.82, 2.24) is 9.97 Å². The van der Waals surface area contributed by atoms with Crippen LogP contribution in [0.3, 0.4) is 0 Å². The fourth-order valence-corrected chi connectivity index (χ4v) is 2.88. The van der Waals surface area contributed by atoms with Crippen LogP contribution in [0.1, 0.15) is 65.5 Å². The van der Waals surface area contributed by atoms with Crippen molar-refractivity contribution in [3.63, 3.8) is 0 Å². The molecule has 0 aliphatic carbocycles. The summed E-state index contributed by atoms with van der Waals surface area (Å²) in [6.45, 7) is 26.9. The summed E-state index contributed by atoms with van der Waals surface area (Å²) in [6.07, 6.45) is 1.95. The maximum Gasteiger partial charge on any atom is 0.376 e. The zero-order chi connectivity index (χ0) is 22.5. The molecule has 2 rings (SSSR count). The lowest BCUT2D eigenvalue weighted by Crippen LogP contribution is -2.24. The molecule has 0 unspecified atom stereocenters. The summed E-state index contributed by atoms with van der Waals surface area (Å²) in [6, 6.07) is 6.19. The molecule has 158 valence electrons. The Balaban J connectivity index is 2.21. The first-order chi connectivity index (χ1) is 14.1. The second-order valence-corrected chi connectivity index (χ2v) is 8.50. The maximum absolute atomic E-state index is 12.3. The Hall–Kier alpha value is -3.32. The highest BCUT2D eigenvalue weighted by Crippen LogP contribution is 2.38. The van der Waals surface area contributed by atoms with Crippen molar-refractivity contribution < 1.29 is 9.53 Å². The number of aromatic nitrogens is 2. The largest absolute Gasteiger partial charge is 0.483 e. The summed E-state index contributed by atoms with van der Waals surface area (Å²) < 4.78 is 5.88. The Morgan fingerprint density at radius 3 is 2.33 bits per heavy atom. The minimum Gasteiger partial charge on any atom is -0.483 e. The average Bonchev–Trinajstić information content (AvgIpc) is 3.13. The first kappa shape index (κ1) is 23.0. The van der Waals surface area contributed by atoms with Gasteiger partial charge in [-0.1, -0.05) is 71.8 Å². The number of ether oxygens (including phenoxy) is 1. The number of anilines is 1. The smallest absolute Gasteiger partial charge is 0.376 e. The van der Waals surface area contributed by atoms with E-state index in [1.54, 1.807) is 0 Å². The molecule has 0 saturated heterocycles. The highest BCUT2D eigenvalue weighted by molar-refractivity contribution is 5.91. The van der Waals surface area contributed by atoms with Crippen LogP contribution in [-0.2, 0) is 15.6 Å². The highest BCUT2D eigenvalue weighted by atomic mass is 16.5. The number of aromatic amines is 1. The van der Waals surface area contributed by atoms with E-state index in [-0.39, 0.29) is 35.0 Å². The van der Waals surface area contributed by atoms with Gasteiger partial charge in [-0.3, -0.25) is 15.1 Å². The summed E-state index contributed by atoms with van der Waals surface area (Å²) in [5.41, 5.74) is 2.25. The summed E-state index contributed by atoms with van der Waals surface area (Å²) in [4.78, 5) is 25.2. The molecule has 2 aromatic rings. The summed E-state index contributed by atoms with van der Waals surface area (Å²) in [7, 11) is 0. The Morgan fingerprint density at radius 1 is 1.13 bits per heavy atom. The second kappa shape index (κ2) is 9.00. The van der Waals surface area contributed by atoms with Gasteiger partial charge in [-0.15, -0.1) is 0 Å². The normalized spacial score (nSPS) is 11.5. The van der Waals surface area contributed by atoms with Crippen LogP contribution in [0, 0.1) is 13.1 Å². The van der Waals surface area contributed by atoms with Gasteiger partial charge in [0.2, 0.25) is 0 Å². The third-order valence-corrected chi connectivity index (χ3v) is 5.76. The van der Waals surface area contributed by atoms with Crippen LogP contribution in [-0.4, -0.2) is 22.5 Å². The van der Waals surface area contributed by atoms with Crippen molar-refractivity contribution in [2.45, 2.75) is 65.2 Å². The van der Waals surface area contributed by atoms with Crippen LogP contribution in [0.25, 0.3) is 9.69 Å². The lowest BCUT2D eigenvalue weighted by molar-refractivity contribution is -0.118. The molecule has 0 saturated carbocycles. The van der Waals surface area contributed by atoms with Gasteiger partial charge >= 0.3 is 5.95 Å². The molecule has 1 aromatic heterocycles. The number of amides is 1. The number of carbonyl (C=O) groups is 1. The molecule has 0 atom stereocenters. The van der Waals surface area contributed by atoms with E-state index in [4.69, 9.17) is 17.9 Å². The predicted octanol–water partition coefficient (Wildman–Crippen LogP) is 5.90. The maximum atomic E-state index is 12.3. The van der Waals surface area contributed by atoms with Gasteiger partial charge in [-0.2, -0.15) is 0 Å². The second-order valence-electron chi connectivity index (χ2n) is 8.50. The van der Waals surface area contributed by atoms with Crippen LogP contribution < -0.4 is 10.1 Å². The van der Waals surface area contributed by atoms with Gasteiger partial charge < -0.3 is 14.4 Å². The van der Waals surface area contributed by atoms with E-state index in [9.17, 15) is 4.79 Å². The van der Waals surface area contributed by atoms with Gasteiger partial charge in [0.25, 0.3) is 17.5 Å². The number of imidazole rings is 1. The molecule has 1 heterocycles. The Labute approximate surface area is 178 Å². The van der Waals surface area contributed by atoms with Gasteiger partial charge in [-0.25, -0.2) is 0 Å². The van der Waals surface area contributed by atoms with Crippen molar-refractivity contribution in [2.24, 2.45) is 0 Å². The molecule has 2 N–H and O–H groups in total. The predicted molar refractivity (Wildman–Crippen MR) is 118 cm³/mol. The Bertz CT molecular complexity index is 974. The van der Waals surface area contributed by atoms with E-state index >= 15 is 0 Å². The topological polar surface area (TPSA) is 75.7 Å². The highest BCUT2D eigenvalue weighted by Gasteiger charge is 2.27. The minimum atomic E-state index is -0.421. The van der Waals surface area contributed by atoms with Gasteiger partial charge in [-0.05, 0) is 35.3 Å². The first-order valence-electron chi connectivity index (χ1n) is 10.0. The van der Waals surface area contributed by atoms with Crippen LogP contribution in [0.2, 0.25) is 0 Å². The number of H-pyrrole nitrogens is 1. The van der Waals surface area contributed by atoms with Crippen LogP contribution in [0.15, 0.2) is 18.2 Å². The quantitative estimate of drug-likeness (QED) is 0.535. The summed E-state index contributed by atoms with van der Waals surface area (Å²) in [5.74, 6) is 0.255. The fourth-order valence-electron chi connectivity index (χ4n) is 2.88. The fraction of sp³-hybridized carbons (Fsp3) is 0.478. The number of hydrogen-bond donors (Lipinski definition) is 2. The molecule has 0 fully saturated rings. The zero-order valence-corrected chi connectivity index (χ0v) is 18.5. The van der Waals surface area contributed by atoms with Crippen LogP contribution in [0.4, 0.5) is 17.6 Å². The third-order valence-electron chi connectivity index (χ3n) is 5.76. The van der Waals surface area contributed by atoms with Crippen molar-refractivity contribution in [1.29, 1.82) is 0 Å². The van der Waals surface area contributed by atoms with Crippen molar-refractivity contribution in [2.75, 3.05) is 11.9 Å². The molecule has 0 bridgehead atoms. The van der Waals surface area contributed by atoms with Gasteiger partial charge in [0.05, 0.1) is 0 Å². The Kier molecular flexibility index (Phi) is 6.89. The van der Waals surface area contributed by atoms with E-state index in [2.05, 4.69) is 78.6 Å². The molecule has 0 aliphatic rings. The van der Waals surface area contributed by atoms with Crippen molar-refractivity contribution >= 4 is 23.5 Å². The number of benzene rings is 1. The molecular formula is C23H29N5O2. The van der Waals surface area contributed by atoms with Crippen molar-refractivity contribution in [3.8, 4) is 5.75 Å². The first-order valence-corrected chi connectivity index (χ1v) is 10.0. The van der Waals surface area contributed by atoms with Crippen LogP contribution >= 0.6 is 0 Å². The minimum absolute atomic E-state index is 0.00216. The molecule has 30 heavy (non-hydrogen) atoms. The SMILES string of the molecule is [C-]#[N+]c1nc(NC(=O)COc2ccc(C(C)(C)CC)cc2C(C)(C)CC)[nH]c1[N+]#[C-]. The summed E-state index contributed by atoms with van der Waals surface area (Å²) in [5, 5.41) is 2.54. The molecule has 1 aromatic carbocycles. The van der Waals surface area contributed by atoms with Gasteiger partial charge in [0.1, 0.15) is 5.75 Å². The number of nitrogens with zero attached hydrogens (tertiary/aromatic N) is 3. The zero-order valence-electron chi connectivity index (χ0n) is 18.5. The van der Waals surface area contributed by atoms with E-state index in [0.29, 0.717) is 5.75 Å². The molecule has 0 aliphatic heterocycles. The summed E-state index contributed by atoms with van der Waals surface area (Å²) >= 11 is 0. The molecule has 0 radical (unpaired) electrons. The Morgan fingerprint density at radius 2 is 1.80 bits per heavy atom. The molecule has 7 heteroatoms. The van der Waals surface area contributed by atoms with E-state index < -0.39 is 5.91 Å². The van der Waals surface area contributed by atoms with E-state index in [0.717, 1.165) is 18.4 Å². The standard InChI is InChI=1S/C23H29N5O2/c1-9-22(3,4)15-11-12-17(16(13-15)23(5,6)10-2)30-14-18(29)26-21-27-19(24-7)20(25-8)28-21/h11-13H,9-10,14H2,1-6H3,(H2,26,27,28,29). The molecule has 0 spiro atoms. The molecule has 1 amide bonds. The van der Waals surface area contributed by atoms with Crippen molar-refractivity contribution in [3.05, 3.63) is 52.2 Å². The third kappa shape index (κ3) is 4.99. The average molecular weight is 408 g/mol. The number of nitrogens with one attached hydrogen (secondary N) is 2. The monoisotopic (exact) mass is 407 g/mol. The van der Waals surface area contributed by atoms with Crippen LogP contribution in [0.5, 0.6) is 5.75 Å². The molecule has 7 nitrogen and oxygen atoms in total. The number of rotatable bonds is 8. The lowest BCUT2D eigenvalue weighted by atomic mass is 9.76. The van der Waals surface area contributed by atoms with E-state index in [1.807, 2.05) is 6.07 Å². The van der Waals surface area contributed by atoms with Gasteiger partial charge in [0, 0.05) is 5.56 Å².